The number of unbranched alkanes of at least 4 members (excludes halogenated alkanes) is 2. The first-order chi connectivity index (χ1) is 15.4. The number of nitrogens with zero attached hydrogens (tertiary/aromatic N) is 2. The molecule has 0 saturated carbocycles. The zero-order valence-corrected chi connectivity index (χ0v) is 20.9. The van der Waals surface area contributed by atoms with Gasteiger partial charge in [0.05, 0.1) is 11.6 Å². The van der Waals surface area contributed by atoms with Crippen molar-refractivity contribution in [2.24, 2.45) is 0 Å². The Kier molecular flexibility index (Phi) is 9.36. The Morgan fingerprint density at radius 2 is 1.62 bits per heavy atom. The third-order valence-corrected chi connectivity index (χ3v) is 6.58. The summed E-state index contributed by atoms with van der Waals surface area (Å²) in [7, 11) is 0. The molecule has 0 aliphatic rings. The number of benzene rings is 2. The van der Waals surface area contributed by atoms with Crippen molar-refractivity contribution in [1.82, 2.24) is 9.88 Å². The second-order valence-corrected chi connectivity index (χ2v) is 9.49. The zero-order valence-electron chi connectivity index (χ0n) is 19.4. The maximum absolute atomic E-state index is 11.4. The summed E-state index contributed by atoms with van der Waals surface area (Å²) in [5.41, 5.74) is 4.80. The average Bonchev–Trinajstić information content (AvgIpc) is 2.77. The molecule has 1 aromatic heterocycles. The van der Waals surface area contributed by atoms with Crippen LogP contribution in [0, 0.1) is 6.92 Å². The number of pyridine rings is 1. The van der Waals surface area contributed by atoms with Crippen LogP contribution in [0.25, 0.3) is 10.9 Å². The number of hydrogen-bond donors (Lipinski definition) is 1. The minimum absolute atomic E-state index is 0.584. The lowest BCUT2D eigenvalue weighted by Crippen LogP contribution is -2.31. The summed E-state index contributed by atoms with van der Waals surface area (Å²) in [6, 6.07) is 13.9. The van der Waals surface area contributed by atoms with Gasteiger partial charge < -0.3 is 10.0 Å². The van der Waals surface area contributed by atoms with E-state index in [4.69, 9.17) is 28.2 Å². The highest BCUT2D eigenvalue weighted by molar-refractivity contribution is 6.32. The van der Waals surface area contributed by atoms with Gasteiger partial charge in [-0.2, -0.15) is 0 Å². The summed E-state index contributed by atoms with van der Waals surface area (Å²) in [5.74, 6) is 0. The molecule has 3 rings (SSSR count). The van der Waals surface area contributed by atoms with Crippen LogP contribution >= 0.6 is 23.2 Å². The number of halogens is 2. The number of aliphatic hydroxyl groups is 1. The average molecular weight is 473 g/mol. The van der Waals surface area contributed by atoms with Crippen LogP contribution in [0.5, 0.6) is 0 Å². The number of rotatable bonds is 11. The van der Waals surface area contributed by atoms with Gasteiger partial charge in [-0.25, -0.2) is 0 Å². The van der Waals surface area contributed by atoms with Gasteiger partial charge >= 0.3 is 0 Å². The van der Waals surface area contributed by atoms with E-state index in [2.05, 4.69) is 30.9 Å². The van der Waals surface area contributed by atoms with E-state index < -0.39 is 6.10 Å². The van der Waals surface area contributed by atoms with Crippen molar-refractivity contribution >= 4 is 34.1 Å². The fraction of sp³-hybridized carbons (Fsp3) is 0.444. The number of aryl methyl sites for hydroxylation is 1. The fourth-order valence-corrected chi connectivity index (χ4v) is 4.30. The molecule has 0 bridgehead atoms. The van der Waals surface area contributed by atoms with Crippen molar-refractivity contribution in [2.45, 2.75) is 59.0 Å². The van der Waals surface area contributed by atoms with E-state index in [-0.39, 0.29) is 0 Å². The van der Waals surface area contributed by atoms with Crippen LogP contribution < -0.4 is 0 Å². The smallest absolute Gasteiger partial charge is 0.0924 e. The lowest BCUT2D eigenvalue weighted by Gasteiger charge is -2.26. The van der Waals surface area contributed by atoms with Crippen LogP contribution in [-0.2, 0) is 6.42 Å². The van der Waals surface area contributed by atoms with Crippen molar-refractivity contribution < 1.29 is 5.11 Å². The van der Waals surface area contributed by atoms with Crippen molar-refractivity contribution in [3.05, 3.63) is 74.9 Å². The summed E-state index contributed by atoms with van der Waals surface area (Å²) < 4.78 is 0. The lowest BCUT2D eigenvalue weighted by molar-refractivity contribution is 0.112. The topological polar surface area (TPSA) is 36.4 Å². The van der Waals surface area contributed by atoms with Gasteiger partial charge in [0.1, 0.15) is 0 Å². The van der Waals surface area contributed by atoms with Crippen LogP contribution in [0.1, 0.15) is 68.0 Å². The molecule has 1 heterocycles. The number of hydrogen-bond acceptors (Lipinski definition) is 3. The summed E-state index contributed by atoms with van der Waals surface area (Å²) in [6.45, 7) is 9.06. The largest absolute Gasteiger partial charge is 0.387 e. The third kappa shape index (κ3) is 6.68. The zero-order chi connectivity index (χ0) is 23.1. The van der Waals surface area contributed by atoms with Crippen LogP contribution in [0.15, 0.2) is 42.5 Å². The molecular weight excluding hydrogens is 439 g/mol. The Hall–Kier alpha value is -1.65. The van der Waals surface area contributed by atoms with E-state index in [1.165, 1.54) is 0 Å². The van der Waals surface area contributed by atoms with Crippen molar-refractivity contribution in [3.63, 3.8) is 0 Å². The van der Waals surface area contributed by atoms with Gasteiger partial charge in [0.25, 0.3) is 0 Å². The molecule has 0 aliphatic heterocycles. The fourth-order valence-electron chi connectivity index (χ4n) is 4.02. The lowest BCUT2D eigenvalue weighted by atomic mass is 9.98. The molecule has 3 nitrogen and oxygen atoms in total. The number of aliphatic hydroxyl groups excluding tert-OH is 1. The Morgan fingerprint density at radius 3 is 2.25 bits per heavy atom. The molecular formula is C27H34Cl2N2O. The maximum Gasteiger partial charge on any atom is 0.0924 e. The van der Waals surface area contributed by atoms with E-state index in [0.29, 0.717) is 18.0 Å². The van der Waals surface area contributed by atoms with E-state index in [1.54, 1.807) is 0 Å². The molecule has 0 spiro atoms. The van der Waals surface area contributed by atoms with Crippen molar-refractivity contribution in [1.29, 1.82) is 0 Å². The summed E-state index contributed by atoms with van der Waals surface area (Å²) >= 11 is 12.5. The number of fused-ring (bicyclic) bond motifs is 1. The Labute approximate surface area is 202 Å². The molecule has 5 heteroatoms. The molecule has 0 fully saturated rings. The summed E-state index contributed by atoms with van der Waals surface area (Å²) in [6.07, 6.45) is 4.68. The van der Waals surface area contributed by atoms with E-state index in [0.717, 1.165) is 77.1 Å². The Bertz CT molecular complexity index is 1010. The molecule has 172 valence electrons. The molecule has 0 amide bonds. The van der Waals surface area contributed by atoms with Gasteiger partial charge in [-0.1, -0.05) is 62.0 Å². The van der Waals surface area contributed by atoms with E-state index >= 15 is 0 Å². The summed E-state index contributed by atoms with van der Waals surface area (Å²) in [5, 5.41) is 13.7. The van der Waals surface area contributed by atoms with E-state index in [9.17, 15) is 5.11 Å². The highest BCUT2D eigenvalue weighted by atomic mass is 35.5. The van der Waals surface area contributed by atoms with Gasteiger partial charge in [-0.05, 0) is 79.9 Å². The first-order valence-electron chi connectivity index (χ1n) is 11.7. The van der Waals surface area contributed by atoms with Gasteiger partial charge in [0.15, 0.2) is 0 Å². The van der Waals surface area contributed by atoms with Gasteiger partial charge in [-0.15, -0.1) is 0 Å². The number of aromatic nitrogens is 1. The molecule has 3 aromatic rings. The van der Waals surface area contributed by atoms with Crippen LogP contribution in [0.2, 0.25) is 10.0 Å². The molecule has 2 aromatic carbocycles. The molecule has 1 N–H and O–H groups in total. The quantitative estimate of drug-likeness (QED) is 0.316. The van der Waals surface area contributed by atoms with Crippen LogP contribution in [0.3, 0.4) is 0 Å². The predicted octanol–water partition coefficient (Wildman–Crippen LogP) is 7.38. The van der Waals surface area contributed by atoms with Gasteiger partial charge in [0.2, 0.25) is 0 Å². The van der Waals surface area contributed by atoms with E-state index in [1.807, 2.05) is 37.3 Å². The minimum atomic E-state index is -0.584. The molecule has 0 saturated heterocycles. The maximum atomic E-state index is 11.4. The van der Waals surface area contributed by atoms with Crippen LogP contribution in [-0.4, -0.2) is 34.6 Å². The van der Waals surface area contributed by atoms with Gasteiger partial charge in [-0.3, -0.25) is 4.98 Å². The second-order valence-electron chi connectivity index (χ2n) is 8.65. The highest BCUT2D eigenvalue weighted by Crippen LogP contribution is 2.30. The first-order valence-corrected chi connectivity index (χ1v) is 12.4. The Balaban J connectivity index is 1.96. The standard InChI is InChI=1S/C27H34Cl2N2O/c1-4-6-12-31(13-7-5-2)18-27(32)24-16-22(15-20-8-10-21(28)11-9-20)30-26-17-25(29)19(3)14-23(24)26/h8-11,14,16-17,27,32H,4-7,12-13,15,18H2,1-3H3. The van der Waals surface area contributed by atoms with Gasteiger partial charge in [0, 0.05) is 34.1 Å². The molecule has 1 unspecified atom stereocenters. The third-order valence-electron chi connectivity index (χ3n) is 5.92. The SMILES string of the molecule is CCCCN(CCCC)CC(O)c1cc(Cc2ccc(Cl)cc2)nc2cc(Cl)c(C)cc12. The molecule has 0 radical (unpaired) electrons. The molecule has 32 heavy (non-hydrogen) atoms. The minimum Gasteiger partial charge on any atom is -0.387 e. The van der Waals surface area contributed by atoms with Crippen LogP contribution in [0.4, 0.5) is 0 Å². The normalized spacial score (nSPS) is 12.6. The predicted molar refractivity (Wildman–Crippen MR) is 137 cm³/mol. The summed E-state index contributed by atoms with van der Waals surface area (Å²) in [4.78, 5) is 7.27. The monoisotopic (exact) mass is 472 g/mol. The van der Waals surface area contributed by atoms with Crippen molar-refractivity contribution in [2.75, 3.05) is 19.6 Å². The van der Waals surface area contributed by atoms with Crippen molar-refractivity contribution in [3.8, 4) is 0 Å². The molecule has 1 atom stereocenters. The molecule has 0 aliphatic carbocycles. The highest BCUT2D eigenvalue weighted by Gasteiger charge is 2.18. The first kappa shape index (κ1) is 25.0. The second kappa shape index (κ2) is 12.0. The Morgan fingerprint density at radius 1 is 0.969 bits per heavy atom.